The van der Waals surface area contributed by atoms with Crippen LogP contribution in [0.2, 0.25) is 0 Å². The quantitative estimate of drug-likeness (QED) is 0.740. The van der Waals surface area contributed by atoms with Crippen molar-refractivity contribution in [2.24, 2.45) is 11.7 Å². The van der Waals surface area contributed by atoms with Crippen LogP contribution in [0.1, 0.15) is 46.0 Å². The van der Waals surface area contributed by atoms with Gasteiger partial charge in [-0.05, 0) is 18.8 Å². The first kappa shape index (κ1) is 11.4. The molecule has 2 heteroatoms. The van der Waals surface area contributed by atoms with Crippen molar-refractivity contribution in [1.29, 1.82) is 0 Å². The number of thioether (sulfide) groups is 1. The topological polar surface area (TPSA) is 26.0 Å². The van der Waals surface area contributed by atoms with Crippen LogP contribution in [0.3, 0.4) is 0 Å². The summed E-state index contributed by atoms with van der Waals surface area (Å²) in [4.78, 5) is 0. The highest BCUT2D eigenvalue weighted by atomic mass is 32.2. The Bertz CT molecular complexity index is 132. The Kier molecular flexibility index (Phi) is 5.18. The minimum atomic E-state index is 0.702. The lowest BCUT2D eigenvalue weighted by molar-refractivity contribution is 0.536. The monoisotopic (exact) mass is 201 g/mol. The van der Waals surface area contributed by atoms with Crippen molar-refractivity contribution in [3.05, 3.63) is 0 Å². The van der Waals surface area contributed by atoms with E-state index in [0.717, 1.165) is 17.7 Å². The highest BCUT2D eigenvalue weighted by molar-refractivity contribution is 8.00. The molecule has 0 aromatic rings. The predicted octanol–water partition coefficient (Wildman–Crippen LogP) is 3.04. The molecule has 0 radical (unpaired) electrons. The summed E-state index contributed by atoms with van der Waals surface area (Å²) < 4.78 is 0. The molecule has 1 rings (SSSR count). The molecule has 1 aliphatic rings. The maximum absolute atomic E-state index is 5.81. The first-order chi connectivity index (χ1) is 6.27. The Hall–Kier alpha value is 0.310. The normalized spacial score (nSPS) is 23.3. The third kappa shape index (κ3) is 3.51. The van der Waals surface area contributed by atoms with Gasteiger partial charge in [0.15, 0.2) is 0 Å². The van der Waals surface area contributed by atoms with E-state index < -0.39 is 0 Å². The maximum atomic E-state index is 5.81. The molecular formula is C11H23NS. The second-order valence-electron chi connectivity index (χ2n) is 4.20. The molecule has 13 heavy (non-hydrogen) atoms. The highest BCUT2D eigenvalue weighted by Crippen LogP contribution is 2.34. The van der Waals surface area contributed by atoms with Gasteiger partial charge in [0.25, 0.3) is 0 Å². The fourth-order valence-corrected chi connectivity index (χ4v) is 3.63. The van der Waals surface area contributed by atoms with E-state index in [-0.39, 0.29) is 0 Å². The minimum absolute atomic E-state index is 0.702. The molecule has 0 saturated heterocycles. The molecule has 78 valence electrons. The van der Waals surface area contributed by atoms with Crippen LogP contribution in [-0.2, 0) is 0 Å². The van der Waals surface area contributed by atoms with Crippen molar-refractivity contribution < 1.29 is 0 Å². The largest absolute Gasteiger partial charge is 0.329 e. The van der Waals surface area contributed by atoms with E-state index in [1.165, 1.54) is 32.1 Å². The summed E-state index contributed by atoms with van der Waals surface area (Å²) in [6.07, 6.45) is 7.00. The van der Waals surface area contributed by atoms with Crippen molar-refractivity contribution in [3.8, 4) is 0 Å². The van der Waals surface area contributed by atoms with Gasteiger partial charge in [0.1, 0.15) is 0 Å². The number of rotatable bonds is 5. The molecule has 0 aliphatic heterocycles. The Balaban J connectivity index is 2.29. The second-order valence-corrected chi connectivity index (χ2v) is 5.75. The van der Waals surface area contributed by atoms with E-state index in [9.17, 15) is 0 Å². The number of hydrogen-bond donors (Lipinski definition) is 1. The predicted molar refractivity (Wildman–Crippen MR) is 62.1 cm³/mol. The Morgan fingerprint density at radius 2 is 2.00 bits per heavy atom. The summed E-state index contributed by atoms with van der Waals surface area (Å²) >= 11 is 2.16. The average Bonchev–Trinajstić information content (AvgIpc) is 2.65. The summed E-state index contributed by atoms with van der Waals surface area (Å²) in [5.74, 6) is 0.788. The molecule has 0 aromatic heterocycles. The van der Waals surface area contributed by atoms with Gasteiger partial charge in [-0.3, -0.25) is 0 Å². The Morgan fingerprint density at radius 3 is 2.46 bits per heavy atom. The van der Waals surface area contributed by atoms with Gasteiger partial charge in [-0.2, -0.15) is 11.8 Å². The van der Waals surface area contributed by atoms with Crippen molar-refractivity contribution in [2.45, 2.75) is 56.5 Å². The van der Waals surface area contributed by atoms with Crippen molar-refractivity contribution >= 4 is 11.8 Å². The molecule has 1 nitrogen and oxygen atoms in total. The van der Waals surface area contributed by atoms with Crippen molar-refractivity contribution in [3.63, 3.8) is 0 Å². The van der Waals surface area contributed by atoms with E-state index in [1.54, 1.807) is 0 Å². The summed E-state index contributed by atoms with van der Waals surface area (Å²) in [6.45, 7) is 5.46. The van der Waals surface area contributed by atoms with Gasteiger partial charge in [0, 0.05) is 17.0 Å². The van der Waals surface area contributed by atoms with Crippen LogP contribution in [0, 0.1) is 5.92 Å². The molecule has 1 fully saturated rings. The molecule has 2 atom stereocenters. The second kappa shape index (κ2) is 5.92. The lowest BCUT2D eigenvalue weighted by Crippen LogP contribution is -2.26. The molecule has 1 aliphatic carbocycles. The molecule has 2 unspecified atom stereocenters. The van der Waals surface area contributed by atoms with E-state index in [0.29, 0.717) is 5.25 Å². The van der Waals surface area contributed by atoms with Crippen LogP contribution in [0.4, 0.5) is 0 Å². The van der Waals surface area contributed by atoms with Crippen LogP contribution in [-0.4, -0.2) is 17.0 Å². The zero-order valence-corrected chi connectivity index (χ0v) is 9.78. The van der Waals surface area contributed by atoms with Gasteiger partial charge in [-0.1, -0.05) is 33.1 Å². The maximum Gasteiger partial charge on any atom is 0.0198 e. The number of nitrogens with two attached hydrogens (primary N) is 1. The lowest BCUT2D eigenvalue weighted by atomic mass is 10.1. The first-order valence-electron chi connectivity index (χ1n) is 5.63. The molecule has 0 spiro atoms. The summed E-state index contributed by atoms with van der Waals surface area (Å²) in [7, 11) is 0. The van der Waals surface area contributed by atoms with Crippen LogP contribution in [0.15, 0.2) is 0 Å². The van der Waals surface area contributed by atoms with Gasteiger partial charge in [-0.25, -0.2) is 0 Å². The summed E-state index contributed by atoms with van der Waals surface area (Å²) in [5.41, 5.74) is 5.81. The van der Waals surface area contributed by atoms with Crippen molar-refractivity contribution in [2.75, 3.05) is 6.54 Å². The molecule has 2 N–H and O–H groups in total. The van der Waals surface area contributed by atoms with E-state index >= 15 is 0 Å². The van der Waals surface area contributed by atoms with Crippen LogP contribution < -0.4 is 5.73 Å². The molecular weight excluding hydrogens is 178 g/mol. The smallest absolute Gasteiger partial charge is 0.0198 e. The molecule has 0 aromatic carbocycles. The summed E-state index contributed by atoms with van der Waals surface area (Å²) in [5, 5.41) is 1.62. The standard InChI is InChI=1S/C11H23NS/c1-3-9(2)11(8-12)13-10-6-4-5-7-10/h9-11H,3-8,12H2,1-2H3. The highest BCUT2D eigenvalue weighted by Gasteiger charge is 2.22. The van der Waals surface area contributed by atoms with Gasteiger partial charge in [0.05, 0.1) is 0 Å². The summed E-state index contributed by atoms with van der Waals surface area (Å²) in [6, 6.07) is 0. The van der Waals surface area contributed by atoms with Crippen LogP contribution in [0.5, 0.6) is 0 Å². The number of hydrogen-bond acceptors (Lipinski definition) is 2. The van der Waals surface area contributed by atoms with E-state index in [1.807, 2.05) is 0 Å². The molecule has 0 amide bonds. The van der Waals surface area contributed by atoms with Gasteiger partial charge >= 0.3 is 0 Å². The fourth-order valence-electron chi connectivity index (χ4n) is 1.96. The van der Waals surface area contributed by atoms with E-state index in [4.69, 9.17) is 5.73 Å². The third-order valence-electron chi connectivity index (χ3n) is 3.18. The fraction of sp³-hybridized carbons (Fsp3) is 1.00. The Labute approximate surface area is 86.8 Å². The third-order valence-corrected chi connectivity index (χ3v) is 5.04. The molecule has 1 saturated carbocycles. The molecule has 0 heterocycles. The first-order valence-corrected chi connectivity index (χ1v) is 6.57. The SMILES string of the molecule is CCC(C)C(CN)SC1CCCC1. The van der Waals surface area contributed by atoms with E-state index in [2.05, 4.69) is 25.6 Å². The Morgan fingerprint density at radius 1 is 1.38 bits per heavy atom. The lowest BCUT2D eigenvalue weighted by Gasteiger charge is -2.23. The van der Waals surface area contributed by atoms with Crippen LogP contribution >= 0.6 is 11.8 Å². The minimum Gasteiger partial charge on any atom is -0.329 e. The van der Waals surface area contributed by atoms with Crippen LogP contribution in [0.25, 0.3) is 0 Å². The zero-order chi connectivity index (χ0) is 9.68. The average molecular weight is 201 g/mol. The van der Waals surface area contributed by atoms with Gasteiger partial charge < -0.3 is 5.73 Å². The van der Waals surface area contributed by atoms with Crippen molar-refractivity contribution in [1.82, 2.24) is 0 Å². The zero-order valence-electron chi connectivity index (χ0n) is 8.96. The van der Waals surface area contributed by atoms with Gasteiger partial charge in [-0.15, -0.1) is 0 Å². The molecule has 0 bridgehead atoms. The van der Waals surface area contributed by atoms with Gasteiger partial charge in [0.2, 0.25) is 0 Å².